The summed E-state index contributed by atoms with van der Waals surface area (Å²) in [5.74, 6) is 3.60. The topological polar surface area (TPSA) is 24.4 Å². The quantitative estimate of drug-likeness (QED) is 0.785. The molecule has 19 heavy (non-hydrogen) atoms. The Hall–Kier alpha value is -1.31. The van der Waals surface area contributed by atoms with E-state index in [0.717, 1.165) is 29.4 Å². The SMILES string of the molecule is Cc1ccc(NN=C2C3CC4CC(C3)CC2C4)cc1. The van der Waals surface area contributed by atoms with Crippen molar-refractivity contribution in [3.8, 4) is 0 Å². The molecule has 2 nitrogen and oxygen atoms in total. The van der Waals surface area contributed by atoms with Gasteiger partial charge in [0.25, 0.3) is 0 Å². The monoisotopic (exact) mass is 254 g/mol. The largest absolute Gasteiger partial charge is 0.279 e. The van der Waals surface area contributed by atoms with Crippen LogP contribution in [0.4, 0.5) is 5.69 Å². The van der Waals surface area contributed by atoms with Crippen molar-refractivity contribution in [2.75, 3.05) is 5.43 Å². The summed E-state index contributed by atoms with van der Waals surface area (Å²) < 4.78 is 0. The van der Waals surface area contributed by atoms with Crippen LogP contribution in [-0.4, -0.2) is 5.71 Å². The van der Waals surface area contributed by atoms with E-state index in [9.17, 15) is 0 Å². The molecule has 1 aromatic carbocycles. The highest BCUT2D eigenvalue weighted by Crippen LogP contribution is 2.52. The van der Waals surface area contributed by atoms with E-state index in [4.69, 9.17) is 5.10 Å². The van der Waals surface area contributed by atoms with Gasteiger partial charge in [0, 0.05) is 5.71 Å². The van der Waals surface area contributed by atoms with Gasteiger partial charge >= 0.3 is 0 Å². The van der Waals surface area contributed by atoms with Crippen LogP contribution in [0.2, 0.25) is 0 Å². The lowest BCUT2D eigenvalue weighted by Crippen LogP contribution is -2.45. The maximum absolute atomic E-state index is 4.79. The maximum atomic E-state index is 4.79. The van der Waals surface area contributed by atoms with Crippen LogP contribution in [0.15, 0.2) is 29.4 Å². The molecule has 0 aromatic heterocycles. The molecule has 0 unspecified atom stereocenters. The molecule has 0 amide bonds. The number of hydrogen-bond donors (Lipinski definition) is 1. The molecule has 0 aliphatic heterocycles. The van der Waals surface area contributed by atoms with Gasteiger partial charge in [0.05, 0.1) is 5.69 Å². The van der Waals surface area contributed by atoms with Crippen LogP contribution in [0.25, 0.3) is 0 Å². The Labute approximate surface area is 115 Å². The number of nitrogens with one attached hydrogen (secondary N) is 1. The minimum absolute atomic E-state index is 0.786. The number of nitrogens with zero attached hydrogens (tertiary/aromatic N) is 1. The third-order valence-corrected chi connectivity index (χ3v) is 5.34. The van der Waals surface area contributed by atoms with Crippen LogP contribution in [-0.2, 0) is 0 Å². The Morgan fingerprint density at radius 2 is 1.47 bits per heavy atom. The third kappa shape index (κ3) is 2.07. The molecule has 0 saturated heterocycles. The summed E-state index contributed by atoms with van der Waals surface area (Å²) in [7, 11) is 0. The van der Waals surface area contributed by atoms with Gasteiger partial charge in [-0.3, -0.25) is 5.43 Å². The Morgan fingerprint density at radius 3 is 2.05 bits per heavy atom. The zero-order valence-corrected chi connectivity index (χ0v) is 11.6. The summed E-state index contributed by atoms with van der Waals surface area (Å²) >= 11 is 0. The molecular weight excluding hydrogens is 232 g/mol. The van der Waals surface area contributed by atoms with E-state index in [1.807, 2.05) is 0 Å². The Morgan fingerprint density at radius 1 is 0.895 bits per heavy atom. The van der Waals surface area contributed by atoms with Crippen LogP contribution in [0.5, 0.6) is 0 Å². The minimum Gasteiger partial charge on any atom is -0.279 e. The van der Waals surface area contributed by atoms with Gasteiger partial charge in [-0.15, -0.1) is 0 Å². The molecule has 4 aliphatic rings. The van der Waals surface area contributed by atoms with E-state index in [1.165, 1.54) is 43.4 Å². The second-order valence-electron chi connectivity index (χ2n) is 6.82. The molecule has 1 aromatic rings. The van der Waals surface area contributed by atoms with Gasteiger partial charge in [-0.2, -0.15) is 5.10 Å². The molecule has 5 rings (SSSR count). The number of benzene rings is 1. The van der Waals surface area contributed by atoms with Crippen molar-refractivity contribution in [1.29, 1.82) is 0 Å². The zero-order valence-electron chi connectivity index (χ0n) is 11.6. The highest BCUT2D eigenvalue weighted by molar-refractivity contribution is 5.91. The molecule has 4 bridgehead atoms. The first-order valence-corrected chi connectivity index (χ1v) is 7.68. The fourth-order valence-electron chi connectivity index (χ4n) is 4.61. The van der Waals surface area contributed by atoms with Crippen molar-refractivity contribution < 1.29 is 0 Å². The highest BCUT2D eigenvalue weighted by Gasteiger charge is 2.46. The van der Waals surface area contributed by atoms with E-state index in [2.05, 4.69) is 36.6 Å². The predicted molar refractivity (Wildman–Crippen MR) is 79.3 cm³/mol. The van der Waals surface area contributed by atoms with Crippen LogP contribution < -0.4 is 5.43 Å². The van der Waals surface area contributed by atoms with E-state index < -0.39 is 0 Å². The third-order valence-electron chi connectivity index (χ3n) is 5.34. The molecule has 4 fully saturated rings. The fourth-order valence-corrected chi connectivity index (χ4v) is 4.61. The lowest BCUT2D eigenvalue weighted by atomic mass is 9.55. The fraction of sp³-hybridized carbons (Fsp3) is 0.588. The van der Waals surface area contributed by atoms with E-state index in [1.54, 1.807) is 0 Å². The first-order chi connectivity index (χ1) is 9.28. The number of hydrogen-bond acceptors (Lipinski definition) is 2. The molecule has 0 spiro atoms. The van der Waals surface area contributed by atoms with Crippen LogP contribution in [0, 0.1) is 30.6 Å². The maximum Gasteiger partial charge on any atom is 0.0561 e. The molecule has 0 radical (unpaired) electrons. The minimum atomic E-state index is 0.786. The Balaban J connectivity index is 1.52. The number of hydrazone groups is 1. The molecule has 4 saturated carbocycles. The summed E-state index contributed by atoms with van der Waals surface area (Å²) in [5, 5.41) is 4.79. The zero-order chi connectivity index (χ0) is 12.8. The molecule has 0 heterocycles. The molecule has 100 valence electrons. The van der Waals surface area contributed by atoms with Gasteiger partial charge in [0.1, 0.15) is 0 Å². The van der Waals surface area contributed by atoms with Crippen molar-refractivity contribution in [3.63, 3.8) is 0 Å². The van der Waals surface area contributed by atoms with Gasteiger partial charge in [0.15, 0.2) is 0 Å². The van der Waals surface area contributed by atoms with Gasteiger partial charge < -0.3 is 0 Å². The van der Waals surface area contributed by atoms with Crippen molar-refractivity contribution in [2.24, 2.45) is 28.8 Å². The summed E-state index contributed by atoms with van der Waals surface area (Å²) in [5.41, 5.74) is 7.18. The second kappa shape index (κ2) is 4.36. The average Bonchev–Trinajstić information content (AvgIpc) is 2.39. The van der Waals surface area contributed by atoms with Crippen LogP contribution >= 0.6 is 0 Å². The summed E-state index contributed by atoms with van der Waals surface area (Å²) in [6.07, 6.45) is 7.12. The molecule has 2 heteroatoms. The van der Waals surface area contributed by atoms with Crippen molar-refractivity contribution in [3.05, 3.63) is 29.8 Å². The smallest absolute Gasteiger partial charge is 0.0561 e. The van der Waals surface area contributed by atoms with Gasteiger partial charge in [-0.1, -0.05) is 17.7 Å². The van der Waals surface area contributed by atoms with Gasteiger partial charge in [-0.25, -0.2) is 0 Å². The van der Waals surface area contributed by atoms with Crippen LogP contribution in [0.1, 0.15) is 37.7 Å². The van der Waals surface area contributed by atoms with Crippen molar-refractivity contribution in [2.45, 2.75) is 39.0 Å². The first-order valence-electron chi connectivity index (χ1n) is 7.68. The van der Waals surface area contributed by atoms with Crippen molar-refractivity contribution in [1.82, 2.24) is 0 Å². The first kappa shape index (κ1) is 11.5. The summed E-state index contributed by atoms with van der Waals surface area (Å²) in [6, 6.07) is 8.52. The predicted octanol–water partition coefficient (Wildman–Crippen LogP) is 4.22. The summed E-state index contributed by atoms with van der Waals surface area (Å²) in [6.45, 7) is 2.12. The van der Waals surface area contributed by atoms with Crippen LogP contribution in [0.3, 0.4) is 0 Å². The average molecular weight is 254 g/mol. The molecule has 4 aliphatic carbocycles. The van der Waals surface area contributed by atoms with E-state index in [0.29, 0.717) is 0 Å². The number of anilines is 1. The lowest BCUT2D eigenvalue weighted by Gasteiger charge is -2.50. The lowest BCUT2D eigenvalue weighted by molar-refractivity contribution is 0.108. The van der Waals surface area contributed by atoms with Crippen molar-refractivity contribution >= 4 is 11.4 Å². The number of rotatable bonds is 2. The highest BCUT2D eigenvalue weighted by atomic mass is 15.3. The van der Waals surface area contributed by atoms with Gasteiger partial charge in [0.2, 0.25) is 0 Å². The Kier molecular flexibility index (Phi) is 2.64. The number of aryl methyl sites for hydroxylation is 1. The van der Waals surface area contributed by atoms with E-state index >= 15 is 0 Å². The normalized spacial score (nSPS) is 35.5. The molecule has 0 atom stereocenters. The Bertz CT molecular complexity index is 470. The van der Waals surface area contributed by atoms with E-state index in [-0.39, 0.29) is 0 Å². The second-order valence-corrected chi connectivity index (χ2v) is 6.82. The molecule has 1 N–H and O–H groups in total. The van der Waals surface area contributed by atoms with Gasteiger partial charge in [-0.05, 0) is 74.8 Å². The standard InChI is InChI=1S/C17H22N2/c1-11-2-4-16(5-3-11)18-19-17-14-7-12-6-13(9-14)10-15(17)8-12/h2-5,12-15,18H,6-10H2,1H3. The molecular formula is C17H22N2. The summed E-state index contributed by atoms with van der Waals surface area (Å²) in [4.78, 5) is 0.